The molecule has 1 aromatic rings. The zero-order valence-electron chi connectivity index (χ0n) is 10.8. The zero-order valence-corrected chi connectivity index (χ0v) is 11.6. The quantitative estimate of drug-likeness (QED) is 0.870. The van der Waals surface area contributed by atoms with E-state index in [0.717, 1.165) is 18.1 Å². The first-order valence-electron chi connectivity index (χ1n) is 6.21. The van der Waals surface area contributed by atoms with E-state index in [-0.39, 0.29) is 5.41 Å². The van der Waals surface area contributed by atoms with Gasteiger partial charge in [0, 0.05) is 29.8 Å². The van der Waals surface area contributed by atoms with Crippen molar-refractivity contribution in [1.82, 2.24) is 5.32 Å². The largest absolute Gasteiger partial charge is 0.371 e. The third-order valence-electron chi connectivity index (χ3n) is 3.75. The van der Waals surface area contributed by atoms with Crippen LogP contribution in [0.5, 0.6) is 0 Å². The monoisotopic (exact) mass is 252 g/mol. The molecule has 1 N–H and O–H groups in total. The number of nitrogens with one attached hydrogen (secondary N) is 1. The molecule has 1 unspecified atom stereocenters. The van der Waals surface area contributed by atoms with E-state index in [9.17, 15) is 0 Å². The van der Waals surface area contributed by atoms with Crippen molar-refractivity contribution in [2.75, 3.05) is 25.0 Å². The lowest BCUT2D eigenvalue weighted by molar-refractivity contribution is 0.215. The lowest BCUT2D eigenvalue weighted by atomic mass is 9.79. The summed E-state index contributed by atoms with van der Waals surface area (Å²) in [5.74, 6) is 0. The highest BCUT2D eigenvalue weighted by Gasteiger charge is 2.34. The SMILES string of the molecule is CNC1CCN(c2cccc(Cl)c2)CC1(C)C. The van der Waals surface area contributed by atoms with E-state index in [0.29, 0.717) is 6.04 Å². The minimum Gasteiger partial charge on any atom is -0.371 e. The Bertz CT molecular complexity index is 390. The van der Waals surface area contributed by atoms with E-state index in [2.05, 4.69) is 43.2 Å². The number of rotatable bonds is 2. The van der Waals surface area contributed by atoms with Crippen molar-refractivity contribution in [3.8, 4) is 0 Å². The van der Waals surface area contributed by atoms with E-state index in [1.54, 1.807) is 0 Å². The van der Waals surface area contributed by atoms with Crippen molar-refractivity contribution in [3.05, 3.63) is 29.3 Å². The van der Waals surface area contributed by atoms with Crippen molar-refractivity contribution in [1.29, 1.82) is 0 Å². The molecule has 0 spiro atoms. The molecule has 1 heterocycles. The van der Waals surface area contributed by atoms with Crippen molar-refractivity contribution in [2.45, 2.75) is 26.3 Å². The smallest absolute Gasteiger partial charge is 0.0426 e. The van der Waals surface area contributed by atoms with E-state index in [1.807, 2.05) is 12.1 Å². The maximum absolute atomic E-state index is 6.05. The molecule has 1 saturated heterocycles. The second kappa shape index (κ2) is 4.87. The minimum atomic E-state index is 0.287. The van der Waals surface area contributed by atoms with Gasteiger partial charge in [0.2, 0.25) is 0 Å². The van der Waals surface area contributed by atoms with E-state index in [1.165, 1.54) is 12.1 Å². The number of anilines is 1. The molecule has 1 aliphatic heterocycles. The van der Waals surface area contributed by atoms with E-state index < -0.39 is 0 Å². The average molecular weight is 253 g/mol. The lowest BCUT2D eigenvalue weighted by Gasteiger charge is -2.45. The molecule has 1 aromatic carbocycles. The summed E-state index contributed by atoms with van der Waals surface area (Å²) in [5, 5.41) is 4.24. The van der Waals surface area contributed by atoms with Gasteiger partial charge in [-0.25, -0.2) is 0 Å². The molecule has 0 aromatic heterocycles. The van der Waals surface area contributed by atoms with Crippen LogP contribution in [0.2, 0.25) is 5.02 Å². The third-order valence-corrected chi connectivity index (χ3v) is 3.99. The Morgan fingerprint density at radius 1 is 1.41 bits per heavy atom. The molecule has 0 saturated carbocycles. The molecule has 17 heavy (non-hydrogen) atoms. The predicted molar refractivity (Wildman–Crippen MR) is 74.9 cm³/mol. The molecule has 0 radical (unpaired) electrons. The van der Waals surface area contributed by atoms with Crippen molar-refractivity contribution in [3.63, 3.8) is 0 Å². The van der Waals surface area contributed by atoms with Gasteiger partial charge in [-0.2, -0.15) is 0 Å². The van der Waals surface area contributed by atoms with Crippen LogP contribution in [0.25, 0.3) is 0 Å². The lowest BCUT2D eigenvalue weighted by Crippen LogP contribution is -2.53. The van der Waals surface area contributed by atoms with Gasteiger partial charge in [0.25, 0.3) is 0 Å². The molecule has 0 aliphatic carbocycles. The van der Waals surface area contributed by atoms with Crippen molar-refractivity contribution in [2.24, 2.45) is 5.41 Å². The highest BCUT2D eigenvalue weighted by atomic mass is 35.5. The fourth-order valence-electron chi connectivity index (χ4n) is 2.79. The maximum atomic E-state index is 6.05. The molecule has 2 nitrogen and oxygen atoms in total. The fourth-order valence-corrected chi connectivity index (χ4v) is 2.97. The molecule has 1 aliphatic rings. The zero-order chi connectivity index (χ0) is 12.5. The van der Waals surface area contributed by atoms with Gasteiger partial charge in [-0.3, -0.25) is 0 Å². The van der Waals surface area contributed by atoms with Crippen LogP contribution in [0.15, 0.2) is 24.3 Å². The minimum absolute atomic E-state index is 0.287. The Morgan fingerprint density at radius 2 is 2.18 bits per heavy atom. The number of halogens is 1. The molecular formula is C14H21ClN2. The van der Waals surface area contributed by atoms with Gasteiger partial charge in [-0.15, -0.1) is 0 Å². The topological polar surface area (TPSA) is 15.3 Å². The summed E-state index contributed by atoms with van der Waals surface area (Å²) >= 11 is 6.05. The van der Waals surface area contributed by atoms with Gasteiger partial charge in [0.15, 0.2) is 0 Å². The van der Waals surface area contributed by atoms with Crippen LogP contribution >= 0.6 is 11.6 Å². The summed E-state index contributed by atoms with van der Waals surface area (Å²) < 4.78 is 0. The first-order chi connectivity index (χ1) is 8.03. The second-order valence-corrected chi connectivity index (χ2v) is 5.96. The van der Waals surface area contributed by atoms with Gasteiger partial charge >= 0.3 is 0 Å². The normalized spacial score (nSPS) is 23.8. The number of piperidine rings is 1. The summed E-state index contributed by atoms with van der Waals surface area (Å²) in [7, 11) is 2.06. The summed E-state index contributed by atoms with van der Waals surface area (Å²) in [6.07, 6.45) is 1.18. The predicted octanol–water partition coefficient (Wildman–Crippen LogP) is 3.16. The highest BCUT2D eigenvalue weighted by molar-refractivity contribution is 6.30. The van der Waals surface area contributed by atoms with Crippen LogP contribution in [-0.2, 0) is 0 Å². The molecule has 2 rings (SSSR count). The summed E-state index contributed by atoms with van der Waals surface area (Å²) in [5.41, 5.74) is 1.52. The fraction of sp³-hybridized carbons (Fsp3) is 0.571. The molecular weight excluding hydrogens is 232 g/mol. The van der Waals surface area contributed by atoms with Gasteiger partial charge in [-0.1, -0.05) is 31.5 Å². The number of hydrogen-bond donors (Lipinski definition) is 1. The number of nitrogens with zero attached hydrogens (tertiary/aromatic N) is 1. The highest BCUT2D eigenvalue weighted by Crippen LogP contribution is 2.32. The summed E-state index contributed by atoms with van der Waals surface area (Å²) in [6, 6.07) is 8.74. The van der Waals surface area contributed by atoms with Crippen molar-refractivity contribution < 1.29 is 0 Å². The van der Waals surface area contributed by atoms with Crippen LogP contribution in [0, 0.1) is 5.41 Å². The molecule has 0 amide bonds. The van der Waals surface area contributed by atoms with Gasteiger partial charge < -0.3 is 10.2 Å². The first-order valence-corrected chi connectivity index (χ1v) is 6.58. The number of hydrogen-bond acceptors (Lipinski definition) is 2. The molecule has 94 valence electrons. The van der Waals surface area contributed by atoms with Gasteiger partial charge in [-0.05, 0) is 37.1 Å². The Hall–Kier alpha value is -0.730. The first kappa shape index (κ1) is 12.7. The van der Waals surface area contributed by atoms with Crippen LogP contribution in [0.4, 0.5) is 5.69 Å². The van der Waals surface area contributed by atoms with Gasteiger partial charge in [0.1, 0.15) is 0 Å². The Labute approximate surface area is 109 Å². The van der Waals surface area contributed by atoms with E-state index >= 15 is 0 Å². The van der Waals surface area contributed by atoms with E-state index in [4.69, 9.17) is 11.6 Å². The molecule has 0 bridgehead atoms. The average Bonchev–Trinajstić information content (AvgIpc) is 2.27. The molecule has 1 atom stereocenters. The Kier molecular flexibility index (Phi) is 3.64. The Balaban J connectivity index is 2.15. The van der Waals surface area contributed by atoms with Crippen LogP contribution in [-0.4, -0.2) is 26.2 Å². The van der Waals surface area contributed by atoms with Crippen LogP contribution < -0.4 is 10.2 Å². The summed E-state index contributed by atoms with van der Waals surface area (Å²) in [4.78, 5) is 2.43. The van der Waals surface area contributed by atoms with Gasteiger partial charge in [0.05, 0.1) is 0 Å². The standard InChI is InChI=1S/C14H21ClN2/c1-14(2)10-17(8-7-13(14)16-3)12-6-4-5-11(15)9-12/h4-6,9,13,16H,7-8,10H2,1-3H3. The van der Waals surface area contributed by atoms with Crippen molar-refractivity contribution >= 4 is 17.3 Å². The number of benzene rings is 1. The maximum Gasteiger partial charge on any atom is 0.0426 e. The van der Waals surface area contributed by atoms with Crippen LogP contribution in [0.1, 0.15) is 20.3 Å². The third kappa shape index (κ3) is 2.75. The molecule has 1 fully saturated rings. The second-order valence-electron chi connectivity index (χ2n) is 5.52. The summed E-state index contributed by atoms with van der Waals surface area (Å²) in [6.45, 7) is 6.81. The van der Waals surface area contributed by atoms with Crippen LogP contribution in [0.3, 0.4) is 0 Å². The Morgan fingerprint density at radius 3 is 2.76 bits per heavy atom. The molecule has 3 heteroatoms.